The van der Waals surface area contributed by atoms with E-state index in [9.17, 15) is 4.79 Å². The minimum atomic E-state index is -0.258. The van der Waals surface area contributed by atoms with E-state index in [0.717, 1.165) is 11.0 Å². The zero-order valence-corrected chi connectivity index (χ0v) is 12.4. The molecule has 0 saturated heterocycles. The third-order valence-electron chi connectivity index (χ3n) is 2.71. The van der Waals surface area contributed by atoms with E-state index in [-0.39, 0.29) is 5.69 Å². The Hall–Kier alpha value is -1.94. The highest BCUT2D eigenvalue weighted by Crippen LogP contribution is 2.29. The van der Waals surface area contributed by atoms with E-state index in [1.165, 1.54) is 23.1 Å². The lowest BCUT2D eigenvalue weighted by Gasteiger charge is -2.03. The number of H-pyrrole nitrogens is 1. The summed E-state index contributed by atoms with van der Waals surface area (Å²) >= 11 is 2.62. The molecule has 0 fully saturated rings. The van der Waals surface area contributed by atoms with E-state index in [4.69, 9.17) is 5.21 Å². The molecule has 9 heteroatoms. The SMILES string of the molecule is O=c1[nH]nc(Sc2ncc([NH2+]O)s2)n1Cc1ccccc1. The molecule has 0 saturated carbocycles. The fraction of sp³-hybridized carbons (Fsp3) is 0.0833. The monoisotopic (exact) mass is 322 g/mol. The molecular formula is C12H12N5O2S2+. The van der Waals surface area contributed by atoms with Gasteiger partial charge in [-0.15, -0.1) is 5.10 Å². The molecule has 7 nitrogen and oxygen atoms in total. The highest BCUT2D eigenvalue weighted by molar-refractivity contribution is 8.00. The number of nitrogens with two attached hydrogens (primary N) is 1. The van der Waals surface area contributed by atoms with Gasteiger partial charge in [0.05, 0.1) is 6.54 Å². The smallest absolute Gasteiger partial charge is 0.265 e. The van der Waals surface area contributed by atoms with Crippen molar-refractivity contribution in [2.24, 2.45) is 0 Å². The largest absolute Gasteiger partial charge is 0.344 e. The van der Waals surface area contributed by atoms with E-state index in [2.05, 4.69) is 15.2 Å². The summed E-state index contributed by atoms with van der Waals surface area (Å²) in [6.07, 6.45) is 1.57. The maximum atomic E-state index is 11.9. The fourth-order valence-corrected chi connectivity index (χ4v) is 3.50. The number of aromatic amines is 1. The van der Waals surface area contributed by atoms with Gasteiger partial charge in [0.1, 0.15) is 6.20 Å². The predicted molar refractivity (Wildman–Crippen MR) is 78.0 cm³/mol. The molecule has 4 N–H and O–H groups in total. The van der Waals surface area contributed by atoms with Crippen LogP contribution in [-0.2, 0) is 6.54 Å². The third-order valence-corrected chi connectivity index (χ3v) is 4.72. The molecule has 0 spiro atoms. The number of nitrogens with zero attached hydrogens (tertiary/aromatic N) is 3. The highest BCUT2D eigenvalue weighted by Gasteiger charge is 2.13. The molecule has 1 aromatic carbocycles. The van der Waals surface area contributed by atoms with Gasteiger partial charge in [0.2, 0.25) is 5.00 Å². The van der Waals surface area contributed by atoms with Crippen LogP contribution in [0.3, 0.4) is 0 Å². The average molecular weight is 322 g/mol. The van der Waals surface area contributed by atoms with Gasteiger partial charge in [-0.1, -0.05) is 30.3 Å². The molecule has 0 atom stereocenters. The number of quaternary nitrogens is 1. The second-order valence-corrected chi connectivity index (χ2v) is 6.42. The van der Waals surface area contributed by atoms with Crippen LogP contribution >= 0.6 is 23.1 Å². The van der Waals surface area contributed by atoms with Gasteiger partial charge in [0, 0.05) is 0 Å². The number of nitrogens with one attached hydrogen (secondary N) is 1. The molecule has 3 aromatic rings. The molecule has 0 aliphatic rings. The lowest BCUT2D eigenvalue weighted by Crippen LogP contribution is -2.73. The van der Waals surface area contributed by atoms with Crippen LogP contribution in [0.2, 0.25) is 0 Å². The molecule has 0 amide bonds. The molecule has 108 valence electrons. The van der Waals surface area contributed by atoms with Gasteiger partial charge in [-0.3, -0.25) is 4.57 Å². The van der Waals surface area contributed by atoms with E-state index >= 15 is 0 Å². The maximum absolute atomic E-state index is 11.9. The van der Waals surface area contributed by atoms with E-state index in [1.807, 2.05) is 30.3 Å². The molecule has 0 bridgehead atoms. The Balaban J connectivity index is 1.85. The lowest BCUT2D eigenvalue weighted by atomic mass is 10.2. The molecule has 2 aromatic heterocycles. The zero-order chi connectivity index (χ0) is 14.7. The summed E-state index contributed by atoms with van der Waals surface area (Å²) in [6.45, 7) is 0.447. The van der Waals surface area contributed by atoms with Gasteiger partial charge < -0.3 is 0 Å². The predicted octanol–water partition coefficient (Wildman–Crippen LogP) is 0.811. The first-order valence-electron chi connectivity index (χ1n) is 6.06. The van der Waals surface area contributed by atoms with Gasteiger partial charge in [0.25, 0.3) is 0 Å². The van der Waals surface area contributed by atoms with E-state index < -0.39 is 0 Å². The molecule has 3 rings (SSSR count). The summed E-state index contributed by atoms with van der Waals surface area (Å²) in [5, 5.41) is 16.6. The van der Waals surface area contributed by atoms with Gasteiger partial charge in [0.15, 0.2) is 9.50 Å². The minimum absolute atomic E-state index is 0.258. The first-order chi connectivity index (χ1) is 10.3. The number of benzene rings is 1. The van der Waals surface area contributed by atoms with Crippen LogP contribution in [0.5, 0.6) is 0 Å². The Labute approximate surface area is 127 Å². The van der Waals surface area contributed by atoms with Crippen LogP contribution < -0.4 is 11.2 Å². The number of rotatable bonds is 5. The van der Waals surface area contributed by atoms with Gasteiger partial charge in [-0.2, -0.15) is 5.48 Å². The first kappa shape index (κ1) is 14.0. The van der Waals surface area contributed by atoms with Crippen molar-refractivity contribution in [2.75, 3.05) is 0 Å². The van der Waals surface area contributed by atoms with Gasteiger partial charge >= 0.3 is 5.69 Å². The Morgan fingerprint density at radius 1 is 1.38 bits per heavy atom. The van der Waals surface area contributed by atoms with Crippen LogP contribution in [0.25, 0.3) is 0 Å². The van der Waals surface area contributed by atoms with Gasteiger partial charge in [-0.25, -0.2) is 20.1 Å². The quantitative estimate of drug-likeness (QED) is 0.604. The summed E-state index contributed by atoms with van der Waals surface area (Å²) in [4.78, 5) is 16.0. The Bertz CT molecular complexity index is 780. The van der Waals surface area contributed by atoms with Crippen LogP contribution in [-0.4, -0.2) is 25.0 Å². The van der Waals surface area contributed by atoms with Crippen molar-refractivity contribution < 1.29 is 10.7 Å². The molecular weight excluding hydrogens is 310 g/mol. The van der Waals surface area contributed by atoms with Crippen molar-refractivity contribution in [1.29, 1.82) is 0 Å². The van der Waals surface area contributed by atoms with Crippen LogP contribution in [0.15, 0.2) is 50.8 Å². The van der Waals surface area contributed by atoms with E-state index in [0.29, 0.717) is 21.0 Å². The summed E-state index contributed by atoms with van der Waals surface area (Å²) in [5.74, 6) is 0. The topological polar surface area (TPSA) is 100 Å². The third kappa shape index (κ3) is 3.22. The minimum Gasteiger partial charge on any atom is -0.265 e. The second-order valence-electron chi connectivity index (χ2n) is 4.14. The number of hydrogen-bond acceptors (Lipinski definition) is 6. The standard InChI is InChI=1S/C12H11N5O2S2/c18-10-14-15-11(21-12-13-6-9(16-19)20-12)17(10)7-8-4-2-1-3-5-8/h1-6,16,19H,7H2,(H,14,18)/p+1. The Morgan fingerprint density at radius 2 is 2.19 bits per heavy atom. The number of thiazole rings is 1. The molecule has 0 radical (unpaired) electrons. The first-order valence-corrected chi connectivity index (χ1v) is 7.70. The summed E-state index contributed by atoms with van der Waals surface area (Å²) in [5.41, 5.74) is 1.77. The second kappa shape index (κ2) is 6.22. The molecule has 0 aliphatic carbocycles. The average Bonchev–Trinajstić information content (AvgIpc) is 3.10. The Kier molecular flexibility index (Phi) is 4.15. The molecule has 0 unspecified atom stereocenters. The maximum Gasteiger partial charge on any atom is 0.344 e. The van der Waals surface area contributed by atoms with Crippen LogP contribution in [0.1, 0.15) is 5.56 Å². The van der Waals surface area contributed by atoms with Crippen LogP contribution in [0.4, 0.5) is 5.00 Å². The van der Waals surface area contributed by atoms with Crippen molar-refractivity contribution in [3.63, 3.8) is 0 Å². The molecule has 21 heavy (non-hydrogen) atoms. The van der Waals surface area contributed by atoms with Crippen molar-refractivity contribution in [3.8, 4) is 0 Å². The van der Waals surface area contributed by atoms with Crippen LogP contribution in [0, 0.1) is 0 Å². The van der Waals surface area contributed by atoms with E-state index in [1.54, 1.807) is 10.8 Å². The molecule has 2 heterocycles. The zero-order valence-electron chi connectivity index (χ0n) is 10.8. The summed E-state index contributed by atoms with van der Waals surface area (Å²) < 4.78 is 2.27. The van der Waals surface area contributed by atoms with Gasteiger partial charge in [-0.05, 0) is 28.7 Å². The summed E-state index contributed by atoms with van der Waals surface area (Å²) in [7, 11) is 0. The number of hydrogen-bond donors (Lipinski definition) is 3. The van der Waals surface area contributed by atoms with Crippen molar-refractivity contribution >= 4 is 28.1 Å². The summed E-state index contributed by atoms with van der Waals surface area (Å²) in [6, 6.07) is 9.70. The highest BCUT2D eigenvalue weighted by atomic mass is 32.2. The lowest BCUT2D eigenvalue weighted by molar-refractivity contribution is -0.823. The number of aromatic nitrogens is 4. The fourth-order valence-electron chi connectivity index (χ4n) is 1.74. The van der Waals surface area contributed by atoms with Crippen molar-refractivity contribution in [1.82, 2.24) is 19.7 Å². The van der Waals surface area contributed by atoms with Crippen molar-refractivity contribution in [2.45, 2.75) is 16.0 Å². The molecule has 0 aliphatic heterocycles. The normalized spacial score (nSPS) is 10.9. The van der Waals surface area contributed by atoms with Crippen molar-refractivity contribution in [3.05, 3.63) is 52.6 Å². The Morgan fingerprint density at radius 3 is 2.90 bits per heavy atom.